The molecule has 0 aromatic heterocycles. The first kappa shape index (κ1) is 15.7. The van der Waals surface area contributed by atoms with Gasteiger partial charge in [-0.05, 0) is 0 Å². The van der Waals surface area contributed by atoms with Gasteiger partial charge in [-0.25, -0.2) is 0 Å². The van der Waals surface area contributed by atoms with Gasteiger partial charge in [-0.2, -0.15) is 0 Å². The number of hydrogen-bond donors (Lipinski definition) is 0. The van der Waals surface area contributed by atoms with Crippen molar-refractivity contribution in [2.45, 2.75) is 0 Å². The number of hydrogen-bond acceptors (Lipinski definition) is 4. The number of halogens is 1. The molecule has 0 aliphatic rings. The molecule has 0 aliphatic heterocycles. The summed E-state index contributed by atoms with van der Waals surface area (Å²) in [6, 6.07) is 0. The maximum Gasteiger partial charge on any atom is 2.00 e. The summed E-state index contributed by atoms with van der Waals surface area (Å²) in [6.07, 6.45) is 0. The Balaban J connectivity index is -0.0000000800. The van der Waals surface area contributed by atoms with Crippen LogP contribution < -0.4 is 0 Å². The van der Waals surface area contributed by atoms with E-state index >= 15 is 0 Å². The zero-order chi connectivity index (χ0) is 4.50. The second-order valence-corrected chi connectivity index (χ2v) is 1.22. The zero-order valence-corrected chi connectivity index (χ0v) is 8.59. The molecule has 0 aromatic rings. The van der Waals surface area contributed by atoms with Crippen molar-refractivity contribution in [1.29, 1.82) is 0 Å². The Kier molecular flexibility index (Phi) is 11.7. The summed E-state index contributed by atoms with van der Waals surface area (Å²) in [5, 5.41) is 0. The van der Waals surface area contributed by atoms with Crippen LogP contribution in [0.4, 0.5) is 0 Å². The minimum atomic E-state index is -5.17. The van der Waals surface area contributed by atoms with E-state index in [9.17, 15) is 0 Å². The van der Waals surface area contributed by atoms with Gasteiger partial charge in [-0.1, -0.05) is 0 Å². The van der Waals surface area contributed by atoms with Crippen molar-refractivity contribution < 1.29 is 29.9 Å². The fraction of sp³-hybridized carbons (Fsp3) is 0. The van der Waals surface area contributed by atoms with E-state index in [0.717, 1.165) is 0 Å². The van der Waals surface area contributed by atoms with Gasteiger partial charge >= 0.3 is 27.3 Å². The maximum absolute atomic E-state index is 8.52. The van der Waals surface area contributed by atoms with E-state index in [-0.39, 0.29) is 39.7 Å². The van der Waals surface area contributed by atoms with Gasteiger partial charge in [-0.3, -0.25) is 8.42 Å². The van der Waals surface area contributed by atoms with E-state index in [1.807, 2.05) is 0 Å². The molecule has 0 amide bonds. The molecule has 0 heterocycles. The SMILES string of the molecule is O=S(=O)([O-])[O-].[ClH2+].[Pb+2]. The van der Waals surface area contributed by atoms with Crippen LogP contribution in [-0.2, 0) is 10.4 Å². The summed E-state index contributed by atoms with van der Waals surface area (Å²) >= 11 is 0. The molecule has 0 spiro atoms. The van der Waals surface area contributed by atoms with Crippen LogP contribution in [0.15, 0.2) is 0 Å². The van der Waals surface area contributed by atoms with E-state index in [1.165, 1.54) is 0 Å². The molecule has 0 unspecified atom stereocenters. The van der Waals surface area contributed by atoms with Gasteiger partial charge in [-0.15, -0.1) is 0 Å². The molecule has 7 heteroatoms. The molecule has 0 fully saturated rings. The predicted molar refractivity (Wildman–Crippen MR) is 19.0 cm³/mol. The minimum absolute atomic E-state index is 0. The summed E-state index contributed by atoms with van der Waals surface area (Å²) in [5.74, 6) is 0. The van der Waals surface area contributed by atoms with Crippen LogP contribution in [0, 0.1) is 12.4 Å². The second kappa shape index (κ2) is 5.22. The first-order valence-corrected chi connectivity index (χ1v) is 2.00. The van der Waals surface area contributed by atoms with Crippen LogP contribution in [0.5, 0.6) is 0 Å². The topological polar surface area (TPSA) is 80.3 Å². The van der Waals surface area contributed by atoms with Gasteiger partial charge < -0.3 is 9.11 Å². The molecule has 0 aromatic carbocycles. The van der Waals surface area contributed by atoms with Crippen molar-refractivity contribution in [1.82, 2.24) is 0 Å². The van der Waals surface area contributed by atoms with Crippen molar-refractivity contribution in [3.8, 4) is 0 Å². The number of rotatable bonds is 0. The Morgan fingerprint density at radius 2 is 1.14 bits per heavy atom. The quantitative estimate of drug-likeness (QED) is 0.283. The predicted octanol–water partition coefficient (Wildman–Crippen LogP) is -2.25. The molecular formula is H2ClO4PbS+. The Bertz CT molecular complexity index is 94.9. The fourth-order valence-electron chi connectivity index (χ4n) is 0. The van der Waals surface area contributed by atoms with Gasteiger partial charge in [0.2, 0.25) is 0 Å². The van der Waals surface area contributed by atoms with Crippen LogP contribution in [0.3, 0.4) is 0 Å². The van der Waals surface area contributed by atoms with Crippen molar-refractivity contribution in [3.63, 3.8) is 0 Å². The molecule has 0 rings (SSSR count). The Labute approximate surface area is 67.4 Å². The van der Waals surface area contributed by atoms with Crippen LogP contribution >= 0.6 is 0 Å². The van der Waals surface area contributed by atoms with Gasteiger partial charge in [0.15, 0.2) is 0 Å². The Morgan fingerprint density at radius 1 is 1.14 bits per heavy atom. The molecule has 0 aliphatic carbocycles. The van der Waals surface area contributed by atoms with E-state index in [1.54, 1.807) is 0 Å². The Hall–Kier alpha value is 1.08. The summed E-state index contributed by atoms with van der Waals surface area (Å²) in [6.45, 7) is 0. The smallest absolute Gasteiger partial charge is 0.759 e. The fourth-order valence-corrected chi connectivity index (χ4v) is 0. The van der Waals surface area contributed by atoms with E-state index < -0.39 is 10.4 Å². The average molecular weight is 341 g/mol. The molecule has 42 valence electrons. The molecule has 4 nitrogen and oxygen atoms in total. The normalized spacial score (nSPS) is 8.29. The third-order valence-electron chi connectivity index (χ3n) is 0. The van der Waals surface area contributed by atoms with Crippen molar-refractivity contribution in [2.24, 2.45) is 0 Å². The Morgan fingerprint density at radius 3 is 1.14 bits per heavy atom. The molecule has 0 N–H and O–H groups in total. The van der Waals surface area contributed by atoms with Gasteiger partial charge in [0.25, 0.3) is 0 Å². The third-order valence-corrected chi connectivity index (χ3v) is 0. The summed E-state index contributed by atoms with van der Waals surface area (Å²) in [5.41, 5.74) is 0. The monoisotopic (exact) mass is 341 g/mol. The maximum atomic E-state index is 8.52. The van der Waals surface area contributed by atoms with Crippen molar-refractivity contribution in [2.75, 3.05) is 0 Å². The third kappa shape index (κ3) is 156. The van der Waals surface area contributed by atoms with Gasteiger partial charge in [0.1, 0.15) is 0 Å². The molecule has 0 saturated carbocycles. The summed E-state index contributed by atoms with van der Waals surface area (Å²) in [7, 11) is -5.17. The van der Waals surface area contributed by atoms with Crippen LogP contribution in [0.1, 0.15) is 0 Å². The van der Waals surface area contributed by atoms with Gasteiger partial charge in [0, 0.05) is 10.4 Å². The van der Waals surface area contributed by atoms with Crippen LogP contribution in [-0.4, -0.2) is 44.8 Å². The summed E-state index contributed by atoms with van der Waals surface area (Å²) in [4.78, 5) is 0. The van der Waals surface area contributed by atoms with Crippen molar-refractivity contribution >= 4 is 37.7 Å². The minimum Gasteiger partial charge on any atom is -0.759 e. The zero-order valence-electron chi connectivity index (χ0n) is 2.99. The molecular weight excluding hydrogens is 339 g/mol. The standard InChI is InChI=1S/ClH2.H2O4S.Pb/c;1-5(2,3)4;/h1H2;(H2,1,2,3,4);/q+1;;+2/p-2. The van der Waals surface area contributed by atoms with Gasteiger partial charge in [0.05, 0.1) is 12.4 Å². The first-order chi connectivity index (χ1) is 2.00. The largest absolute Gasteiger partial charge is 2.00 e. The molecule has 7 heavy (non-hydrogen) atoms. The molecule has 2 radical (unpaired) electrons. The molecule has 0 bridgehead atoms. The van der Waals surface area contributed by atoms with Crippen molar-refractivity contribution in [3.05, 3.63) is 0 Å². The first-order valence-electron chi connectivity index (χ1n) is 0.667. The van der Waals surface area contributed by atoms with E-state index in [0.29, 0.717) is 0 Å². The van der Waals surface area contributed by atoms with E-state index in [4.69, 9.17) is 17.5 Å². The van der Waals surface area contributed by atoms with Crippen LogP contribution in [0.25, 0.3) is 0 Å². The molecule has 0 saturated heterocycles. The molecule has 0 atom stereocenters. The average Bonchev–Trinajstić information content (AvgIpc) is 0.722. The van der Waals surface area contributed by atoms with Crippen LogP contribution in [0.2, 0.25) is 0 Å². The van der Waals surface area contributed by atoms with E-state index in [2.05, 4.69) is 0 Å². The second-order valence-electron chi connectivity index (χ2n) is 0.408. The summed E-state index contributed by atoms with van der Waals surface area (Å²) < 4.78 is 34.1.